The highest BCUT2D eigenvalue weighted by Crippen LogP contribution is 2.32. The van der Waals surface area contributed by atoms with Gasteiger partial charge in [-0.25, -0.2) is 18.2 Å². The second kappa shape index (κ2) is 4.59. The van der Waals surface area contributed by atoms with E-state index in [1.165, 1.54) is 18.2 Å². The fourth-order valence-electron chi connectivity index (χ4n) is 1.67. The summed E-state index contributed by atoms with van der Waals surface area (Å²) in [5.74, 6) is 0. The van der Waals surface area contributed by atoms with Crippen LogP contribution in [-0.4, -0.2) is 18.2 Å². The van der Waals surface area contributed by atoms with E-state index >= 15 is 0 Å². The minimum atomic E-state index is -4.02. The Labute approximate surface area is 107 Å². The number of alkyl halides is 2. The number of nitrogens with zero attached hydrogens (tertiary/aromatic N) is 2. The predicted octanol–water partition coefficient (Wildman–Crippen LogP) is 1.17. The van der Waals surface area contributed by atoms with Crippen molar-refractivity contribution < 1.29 is 17.2 Å². The van der Waals surface area contributed by atoms with E-state index in [2.05, 4.69) is 5.10 Å². The number of sulfonamides is 1. The van der Waals surface area contributed by atoms with Crippen molar-refractivity contribution >= 4 is 15.7 Å². The highest BCUT2D eigenvalue weighted by atomic mass is 32.2. The molecule has 2 aromatic rings. The standard InChI is InChI=1S/C10H10F2N4O2S/c11-10(12)16-5-6(4-15-16)9-7(13)2-1-3-8(9)19(14,17)18/h1-5,10H,13H2,(H2,14,17,18). The number of hydrogen-bond donors (Lipinski definition) is 2. The number of nitrogens with two attached hydrogens (primary N) is 2. The molecule has 0 spiro atoms. The highest BCUT2D eigenvalue weighted by Gasteiger charge is 2.19. The van der Waals surface area contributed by atoms with Crippen LogP contribution in [-0.2, 0) is 10.0 Å². The zero-order chi connectivity index (χ0) is 14.2. The molecule has 0 aliphatic heterocycles. The third-order valence-electron chi connectivity index (χ3n) is 2.46. The second-order valence-electron chi connectivity index (χ2n) is 3.75. The van der Waals surface area contributed by atoms with Crippen molar-refractivity contribution in [1.29, 1.82) is 0 Å². The molecule has 19 heavy (non-hydrogen) atoms. The molecular weight excluding hydrogens is 278 g/mol. The van der Waals surface area contributed by atoms with Crippen LogP contribution in [0.15, 0.2) is 35.5 Å². The van der Waals surface area contributed by atoms with E-state index < -0.39 is 16.6 Å². The van der Waals surface area contributed by atoms with Crippen molar-refractivity contribution in [3.05, 3.63) is 30.6 Å². The van der Waals surface area contributed by atoms with Crippen molar-refractivity contribution in [2.75, 3.05) is 5.73 Å². The lowest BCUT2D eigenvalue weighted by Crippen LogP contribution is -2.14. The predicted molar refractivity (Wildman–Crippen MR) is 64.7 cm³/mol. The van der Waals surface area contributed by atoms with Crippen molar-refractivity contribution in [1.82, 2.24) is 9.78 Å². The van der Waals surface area contributed by atoms with Crippen LogP contribution in [0, 0.1) is 0 Å². The van der Waals surface area contributed by atoms with Gasteiger partial charge < -0.3 is 5.73 Å². The van der Waals surface area contributed by atoms with Crippen molar-refractivity contribution in [2.45, 2.75) is 11.4 Å². The number of benzene rings is 1. The molecule has 0 fully saturated rings. The molecule has 0 unspecified atom stereocenters. The SMILES string of the molecule is Nc1cccc(S(N)(=O)=O)c1-c1cnn(C(F)F)c1. The first-order valence-electron chi connectivity index (χ1n) is 5.04. The average Bonchev–Trinajstić information content (AvgIpc) is 2.76. The van der Waals surface area contributed by atoms with Gasteiger partial charge in [-0.05, 0) is 12.1 Å². The minimum absolute atomic E-state index is 0.0666. The minimum Gasteiger partial charge on any atom is -0.398 e. The van der Waals surface area contributed by atoms with E-state index in [1.54, 1.807) is 0 Å². The van der Waals surface area contributed by atoms with Gasteiger partial charge in [0, 0.05) is 23.0 Å². The first-order chi connectivity index (χ1) is 8.80. The van der Waals surface area contributed by atoms with Gasteiger partial charge in [0.1, 0.15) is 0 Å². The third-order valence-corrected chi connectivity index (χ3v) is 3.41. The molecule has 2 rings (SSSR count). The number of halogens is 2. The van der Waals surface area contributed by atoms with Crippen LogP contribution in [0.1, 0.15) is 6.55 Å². The van der Waals surface area contributed by atoms with E-state index in [4.69, 9.17) is 10.9 Å². The summed E-state index contributed by atoms with van der Waals surface area (Å²) in [5.41, 5.74) is 6.02. The van der Waals surface area contributed by atoms with E-state index in [0.29, 0.717) is 4.68 Å². The van der Waals surface area contributed by atoms with E-state index in [0.717, 1.165) is 12.4 Å². The van der Waals surface area contributed by atoms with E-state index in [9.17, 15) is 17.2 Å². The monoisotopic (exact) mass is 288 g/mol. The molecule has 1 aromatic heterocycles. The Morgan fingerprint density at radius 2 is 2.00 bits per heavy atom. The van der Waals surface area contributed by atoms with Crippen LogP contribution >= 0.6 is 0 Å². The topological polar surface area (TPSA) is 104 Å². The Morgan fingerprint density at radius 1 is 1.32 bits per heavy atom. The molecule has 0 aliphatic carbocycles. The number of nitrogen functional groups attached to an aromatic ring is 1. The van der Waals surface area contributed by atoms with Crippen LogP contribution in [0.2, 0.25) is 0 Å². The van der Waals surface area contributed by atoms with Gasteiger partial charge in [-0.3, -0.25) is 0 Å². The summed E-state index contributed by atoms with van der Waals surface area (Å²) in [5, 5.41) is 8.50. The number of aromatic nitrogens is 2. The highest BCUT2D eigenvalue weighted by molar-refractivity contribution is 7.89. The fraction of sp³-hybridized carbons (Fsp3) is 0.100. The number of rotatable bonds is 3. The molecule has 0 atom stereocenters. The van der Waals surface area contributed by atoms with Crippen molar-refractivity contribution in [3.8, 4) is 11.1 Å². The third kappa shape index (κ3) is 2.56. The molecule has 0 aliphatic rings. The Balaban J connectivity index is 2.67. The van der Waals surface area contributed by atoms with Crippen molar-refractivity contribution in [2.24, 2.45) is 5.14 Å². The van der Waals surface area contributed by atoms with Gasteiger partial charge in [0.25, 0.3) is 0 Å². The van der Waals surface area contributed by atoms with E-state index in [1.807, 2.05) is 0 Å². The van der Waals surface area contributed by atoms with Crippen LogP contribution in [0.4, 0.5) is 14.5 Å². The Hall–Kier alpha value is -2.00. The zero-order valence-corrected chi connectivity index (χ0v) is 10.3. The number of primary sulfonamides is 1. The maximum absolute atomic E-state index is 12.5. The van der Waals surface area contributed by atoms with Crippen LogP contribution in [0.25, 0.3) is 11.1 Å². The molecular formula is C10H10F2N4O2S. The molecule has 1 aromatic carbocycles. The molecule has 0 amide bonds. The largest absolute Gasteiger partial charge is 0.398 e. The molecule has 4 N–H and O–H groups in total. The van der Waals surface area contributed by atoms with Gasteiger partial charge in [0.2, 0.25) is 10.0 Å². The van der Waals surface area contributed by atoms with Gasteiger partial charge in [0.05, 0.1) is 11.1 Å². The first-order valence-corrected chi connectivity index (χ1v) is 6.59. The van der Waals surface area contributed by atoms with Crippen LogP contribution in [0.5, 0.6) is 0 Å². The van der Waals surface area contributed by atoms with Crippen LogP contribution in [0.3, 0.4) is 0 Å². The van der Waals surface area contributed by atoms with Crippen molar-refractivity contribution in [3.63, 3.8) is 0 Å². The summed E-state index contributed by atoms with van der Waals surface area (Å²) in [4.78, 5) is -0.235. The molecule has 102 valence electrons. The maximum Gasteiger partial charge on any atom is 0.333 e. The molecule has 0 radical (unpaired) electrons. The normalized spacial score (nSPS) is 12.0. The Bertz CT molecular complexity index is 712. The quantitative estimate of drug-likeness (QED) is 0.827. The Morgan fingerprint density at radius 3 is 2.53 bits per heavy atom. The smallest absolute Gasteiger partial charge is 0.333 e. The van der Waals surface area contributed by atoms with Gasteiger partial charge >= 0.3 is 6.55 Å². The lowest BCUT2D eigenvalue weighted by Gasteiger charge is -2.08. The molecule has 0 bridgehead atoms. The zero-order valence-electron chi connectivity index (χ0n) is 9.49. The summed E-state index contributed by atoms with van der Waals surface area (Å²) >= 11 is 0. The average molecular weight is 288 g/mol. The molecule has 0 saturated carbocycles. The summed E-state index contributed by atoms with van der Waals surface area (Å²) in [7, 11) is -4.02. The number of anilines is 1. The van der Waals surface area contributed by atoms with Gasteiger partial charge in [0.15, 0.2) is 0 Å². The Kier molecular flexibility index (Phi) is 3.25. The van der Waals surface area contributed by atoms with Gasteiger partial charge in [-0.15, -0.1) is 0 Å². The molecule has 9 heteroatoms. The molecule has 0 saturated heterocycles. The molecule has 6 nitrogen and oxygen atoms in total. The van der Waals surface area contributed by atoms with Crippen LogP contribution < -0.4 is 10.9 Å². The maximum atomic E-state index is 12.5. The summed E-state index contributed by atoms with van der Waals surface area (Å²) in [6, 6.07) is 4.11. The number of hydrogen-bond acceptors (Lipinski definition) is 4. The van der Waals surface area contributed by atoms with Gasteiger partial charge in [-0.2, -0.15) is 13.9 Å². The fourth-order valence-corrected chi connectivity index (χ4v) is 2.46. The van der Waals surface area contributed by atoms with Gasteiger partial charge in [-0.1, -0.05) is 6.07 Å². The lowest BCUT2D eigenvalue weighted by molar-refractivity contribution is 0.0566. The second-order valence-corrected chi connectivity index (χ2v) is 5.28. The van der Waals surface area contributed by atoms with E-state index in [-0.39, 0.29) is 21.7 Å². The summed E-state index contributed by atoms with van der Waals surface area (Å²) in [6.07, 6.45) is 2.11. The summed E-state index contributed by atoms with van der Waals surface area (Å²) < 4.78 is 48.2. The molecule has 1 heterocycles. The lowest BCUT2D eigenvalue weighted by atomic mass is 10.1. The first kappa shape index (κ1) is 13.4. The summed E-state index contributed by atoms with van der Waals surface area (Å²) in [6.45, 7) is -2.82.